The standard InChI is InChI=1S/C21H22N4O3/c1-28-20-9-5-4-8-18(20)23-10-12-24(13-11-23)21(27)15-25-17-7-3-2-6-16(17)19(26)14-22-25/h2-9,14H,10-13,15H2,1H3. The number of amides is 1. The summed E-state index contributed by atoms with van der Waals surface area (Å²) < 4.78 is 7.05. The Morgan fingerprint density at radius 2 is 1.75 bits per heavy atom. The smallest absolute Gasteiger partial charge is 0.244 e. The van der Waals surface area contributed by atoms with Gasteiger partial charge in [-0.15, -0.1) is 0 Å². The third kappa shape index (κ3) is 3.43. The lowest BCUT2D eigenvalue weighted by atomic mass is 10.2. The van der Waals surface area contributed by atoms with E-state index in [0.717, 1.165) is 24.5 Å². The zero-order valence-electron chi connectivity index (χ0n) is 15.7. The zero-order chi connectivity index (χ0) is 19.5. The molecule has 1 aliphatic heterocycles. The van der Waals surface area contributed by atoms with E-state index in [0.29, 0.717) is 24.0 Å². The number of ether oxygens (including phenoxy) is 1. The molecule has 1 amide bonds. The molecule has 3 aromatic rings. The summed E-state index contributed by atoms with van der Waals surface area (Å²) in [4.78, 5) is 28.8. The van der Waals surface area contributed by atoms with Gasteiger partial charge in [-0.1, -0.05) is 24.3 Å². The van der Waals surface area contributed by atoms with Crippen molar-refractivity contribution in [2.75, 3.05) is 38.2 Å². The molecular weight excluding hydrogens is 356 g/mol. The van der Waals surface area contributed by atoms with Crippen molar-refractivity contribution in [2.45, 2.75) is 6.54 Å². The highest BCUT2D eigenvalue weighted by Crippen LogP contribution is 2.28. The van der Waals surface area contributed by atoms with Crippen molar-refractivity contribution in [1.82, 2.24) is 14.7 Å². The predicted octanol–water partition coefficient (Wildman–Crippen LogP) is 1.75. The number of hydrogen-bond donors (Lipinski definition) is 0. The van der Waals surface area contributed by atoms with Crippen LogP contribution < -0.4 is 15.1 Å². The minimum absolute atomic E-state index is 0.000906. The molecule has 1 saturated heterocycles. The van der Waals surface area contributed by atoms with Crippen LogP contribution in [0.4, 0.5) is 5.69 Å². The van der Waals surface area contributed by atoms with Gasteiger partial charge in [-0.05, 0) is 24.3 Å². The van der Waals surface area contributed by atoms with Crippen LogP contribution in [0.1, 0.15) is 0 Å². The summed E-state index contributed by atoms with van der Waals surface area (Å²) in [5, 5.41) is 4.73. The summed E-state index contributed by atoms with van der Waals surface area (Å²) in [5.74, 6) is 0.840. The Morgan fingerprint density at radius 1 is 1.04 bits per heavy atom. The van der Waals surface area contributed by atoms with E-state index in [1.807, 2.05) is 47.4 Å². The molecule has 0 N–H and O–H groups in total. The number of carbonyl (C=O) groups is 1. The fourth-order valence-electron chi connectivity index (χ4n) is 3.60. The van der Waals surface area contributed by atoms with E-state index >= 15 is 0 Å². The number of benzene rings is 2. The average Bonchev–Trinajstić information content (AvgIpc) is 2.76. The molecule has 1 aliphatic rings. The number of methoxy groups -OCH3 is 1. The molecule has 144 valence electrons. The zero-order valence-corrected chi connectivity index (χ0v) is 15.7. The van der Waals surface area contributed by atoms with E-state index in [2.05, 4.69) is 10.00 Å². The third-order valence-corrected chi connectivity index (χ3v) is 5.11. The topological polar surface area (TPSA) is 67.7 Å². The van der Waals surface area contributed by atoms with E-state index in [-0.39, 0.29) is 17.9 Å². The summed E-state index contributed by atoms with van der Waals surface area (Å²) in [5.41, 5.74) is 1.59. The molecule has 0 atom stereocenters. The van der Waals surface area contributed by atoms with Gasteiger partial charge in [0.15, 0.2) is 0 Å². The van der Waals surface area contributed by atoms with Crippen molar-refractivity contribution >= 4 is 22.5 Å². The van der Waals surface area contributed by atoms with Gasteiger partial charge < -0.3 is 14.5 Å². The van der Waals surface area contributed by atoms with Crippen LogP contribution in [0.15, 0.2) is 59.5 Å². The first kappa shape index (κ1) is 18.0. The molecule has 4 rings (SSSR count). The van der Waals surface area contributed by atoms with Gasteiger partial charge >= 0.3 is 0 Å². The van der Waals surface area contributed by atoms with Crippen LogP contribution in [0.3, 0.4) is 0 Å². The number of hydrogen-bond acceptors (Lipinski definition) is 5. The summed E-state index contributed by atoms with van der Waals surface area (Å²) in [6.07, 6.45) is 1.27. The van der Waals surface area contributed by atoms with Gasteiger partial charge in [0, 0.05) is 31.6 Å². The molecule has 0 unspecified atom stereocenters. The lowest BCUT2D eigenvalue weighted by Gasteiger charge is -2.36. The Labute approximate surface area is 162 Å². The van der Waals surface area contributed by atoms with Crippen LogP contribution in [0.2, 0.25) is 0 Å². The molecule has 1 fully saturated rings. The van der Waals surface area contributed by atoms with E-state index in [9.17, 15) is 9.59 Å². The molecule has 0 aliphatic carbocycles. The summed E-state index contributed by atoms with van der Waals surface area (Å²) in [7, 11) is 1.67. The highest BCUT2D eigenvalue weighted by Gasteiger charge is 2.23. The minimum atomic E-state index is -0.135. The number of carbonyl (C=O) groups excluding carboxylic acids is 1. The first-order chi connectivity index (χ1) is 13.7. The second-order valence-corrected chi connectivity index (χ2v) is 6.72. The highest BCUT2D eigenvalue weighted by atomic mass is 16.5. The van der Waals surface area contributed by atoms with Crippen LogP contribution >= 0.6 is 0 Å². The maximum absolute atomic E-state index is 12.8. The van der Waals surface area contributed by atoms with Crippen molar-refractivity contribution in [2.24, 2.45) is 0 Å². The average molecular weight is 378 g/mol. The van der Waals surface area contributed by atoms with Gasteiger partial charge in [-0.2, -0.15) is 5.10 Å². The molecule has 1 aromatic heterocycles. The lowest BCUT2D eigenvalue weighted by molar-refractivity contribution is -0.132. The molecule has 2 heterocycles. The van der Waals surface area contributed by atoms with Crippen molar-refractivity contribution in [3.8, 4) is 5.75 Å². The fraction of sp³-hybridized carbons (Fsp3) is 0.286. The highest BCUT2D eigenvalue weighted by molar-refractivity contribution is 5.81. The molecule has 7 nitrogen and oxygen atoms in total. The van der Waals surface area contributed by atoms with Gasteiger partial charge in [0.05, 0.1) is 24.5 Å². The second kappa shape index (κ2) is 7.72. The van der Waals surface area contributed by atoms with E-state index in [1.54, 1.807) is 17.9 Å². The van der Waals surface area contributed by atoms with Crippen LogP contribution in [-0.4, -0.2) is 53.9 Å². The number of rotatable bonds is 4. The Hall–Kier alpha value is -3.35. The number of para-hydroxylation sites is 3. The summed E-state index contributed by atoms with van der Waals surface area (Å²) in [6, 6.07) is 15.1. The van der Waals surface area contributed by atoms with E-state index < -0.39 is 0 Å². The van der Waals surface area contributed by atoms with Gasteiger partial charge in [0.2, 0.25) is 11.3 Å². The monoisotopic (exact) mass is 378 g/mol. The quantitative estimate of drug-likeness (QED) is 0.692. The van der Waals surface area contributed by atoms with Crippen LogP contribution in [0.5, 0.6) is 5.75 Å². The number of piperazine rings is 1. The number of nitrogens with zero attached hydrogens (tertiary/aromatic N) is 4. The maximum atomic E-state index is 12.8. The molecule has 7 heteroatoms. The molecule has 0 spiro atoms. The second-order valence-electron chi connectivity index (χ2n) is 6.72. The first-order valence-electron chi connectivity index (χ1n) is 9.28. The number of fused-ring (bicyclic) bond motifs is 1. The van der Waals surface area contributed by atoms with Crippen LogP contribution in [-0.2, 0) is 11.3 Å². The Kier molecular flexibility index (Phi) is 4.97. The lowest BCUT2D eigenvalue weighted by Crippen LogP contribution is -2.49. The molecule has 28 heavy (non-hydrogen) atoms. The first-order valence-corrected chi connectivity index (χ1v) is 9.28. The number of aromatic nitrogens is 2. The molecule has 0 radical (unpaired) electrons. The Bertz CT molecular complexity index is 1050. The van der Waals surface area contributed by atoms with Gasteiger partial charge in [0.25, 0.3) is 0 Å². The molecule has 0 bridgehead atoms. The van der Waals surface area contributed by atoms with Crippen LogP contribution in [0.25, 0.3) is 10.9 Å². The number of anilines is 1. The van der Waals surface area contributed by atoms with E-state index in [4.69, 9.17) is 4.74 Å². The predicted molar refractivity (Wildman–Crippen MR) is 108 cm³/mol. The minimum Gasteiger partial charge on any atom is -0.495 e. The summed E-state index contributed by atoms with van der Waals surface area (Å²) in [6.45, 7) is 2.87. The SMILES string of the molecule is COc1ccccc1N1CCN(C(=O)Cn2ncc(=O)c3ccccc32)CC1. The summed E-state index contributed by atoms with van der Waals surface area (Å²) >= 11 is 0. The van der Waals surface area contributed by atoms with Gasteiger partial charge in [-0.25, -0.2) is 0 Å². The normalized spacial score (nSPS) is 14.3. The van der Waals surface area contributed by atoms with Crippen molar-refractivity contribution in [3.63, 3.8) is 0 Å². The van der Waals surface area contributed by atoms with Crippen molar-refractivity contribution in [3.05, 3.63) is 65.0 Å². The molecular formula is C21H22N4O3. The van der Waals surface area contributed by atoms with E-state index in [1.165, 1.54) is 6.20 Å². The van der Waals surface area contributed by atoms with Crippen LogP contribution in [0, 0.1) is 0 Å². The van der Waals surface area contributed by atoms with Gasteiger partial charge in [-0.3, -0.25) is 14.3 Å². The van der Waals surface area contributed by atoms with Crippen molar-refractivity contribution in [1.29, 1.82) is 0 Å². The van der Waals surface area contributed by atoms with Gasteiger partial charge in [0.1, 0.15) is 12.3 Å². The van der Waals surface area contributed by atoms with Crippen molar-refractivity contribution < 1.29 is 9.53 Å². The maximum Gasteiger partial charge on any atom is 0.244 e. The molecule has 0 saturated carbocycles. The molecule has 2 aromatic carbocycles. The third-order valence-electron chi connectivity index (χ3n) is 5.11. The largest absolute Gasteiger partial charge is 0.495 e. The Morgan fingerprint density at radius 3 is 2.54 bits per heavy atom. The Balaban J connectivity index is 1.45. The fourth-order valence-corrected chi connectivity index (χ4v) is 3.60.